The fourth-order valence-corrected chi connectivity index (χ4v) is 3.06. The number of hydrogen-bond donors (Lipinski definition) is 1. The SMILES string of the molecule is COc1ccc(/C=C2\SC(=O)N(CC(=O)NCC(C)C)C2=O)c(OC)c1. The molecule has 1 N–H and O–H groups in total. The number of nitrogens with one attached hydrogen (secondary N) is 1. The zero-order valence-electron chi connectivity index (χ0n) is 15.2. The molecule has 0 unspecified atom stereocenters. The molecule has 8 heteroatoms. The van der Waals surface area contributed by atoms with Crippen LogP contribution in [0.5, 0.6) is 11.5 Å². The number of methoxy groups -OCH3 is 2. The third-order valence-electron chi connectivity index (χ3n) is 3.61. The third kappa shape index (κ3) is 4.78. The van der Waals surface area contributed by atoms with E-state index in [0.717, 1.165) is 16.7 Å². The predicted molar refractivity (Wildman–Crippen MR) is 100 cm³/mol. The highest BCUT2D eigenvalue weighted by molar-refractivity contribution is 8.18. The molecule has 1 aromatic rings. The molecule has 0 spiro atoms. The molecule has 3 amide bonds. The Labute approximate surface area is 156 Å². The van der Waals surface area contributed by atoms with E-state index in [0.29, 0.717) is 23.6 Å². The smallest absolute Gasteiger partial charge is 0.294 e. The summed E-state index contributed by atoms with van der Waals surface area (Å²) in [4.78, 5) is 37.7. The molecule has 0 radical (unpaired) electrons. The minimum atomic E-state index is -0.488. The Morgan fingerprint density at radius 3 is 2.62 bits per heavy atom. The van der Waals surface area contributed by atoms with Gasteiger partial charge in [0, 0.05) is 18.2 Å². The summed E-state index contributed by atoms with van der Waals surface area (Å²) in [6, 6.07) is 5.16. The standard InChI is InChI=1S/C18H22N2O5S/c1-11(2)9-19-16(21)10-20-17(22)15(26-18(20)23)7-12-5-6-13(24-3)8-14(12)25-4/h5-8,11H,9-10H2,1-4H3,(H,19,21)/b15-7-. The molecule has 0 atom stereocenters. The van der Waals surface area contributed by atoms with Gasteiger partial charge in [0.1, 0.15) is 18.0 Å². The fraction of sp³-hybridized carbons (Fsp3) is 0.389. The van der Waals surface area contributed by atoms with Crippen LogP contribution in [0.25, 0.3) is 6.08 Å². The fourth-order valence-electron chi connectivity index (χ4n) is 2.23. The predicted octanol–water partition coefficient (Wildman–Crippen LogP) is 2.51. The van der Waals surface area contributed by atoms with Crippen molar-refractivity contribution in [1.29, 1.82) is 0 Å². The highest BCUT2D eigenvalue weighted by Gasteiger charge is 2.36. The van der Waals surface area contributed by atoms with E-state index in [1.165, 1.54) is 7.11 Å². The number of hydrogen-bond acceptors (Lipinski definition) is 6. The minimum absolute atomic E-state index is 0.245. The van der Waals surface area contributed by atoms with E-state index in [-0.39, 0.29) is 23.3 Å². The van der Waals surface area contributed by atoms with Crippen LogP contribution in [-0.4, -0.2) is 49.3 Å². The van der Waals surface area contributed by atoms with Crippen LogP contribution in [0.15, 0.2) is 23.1 Å². The number of carbonyl (C=O) groups excluding carboxylic acids is 3. The summed E-state index contributed by atoms with van der Waals surface area (Å²) < 4.78 is 10.4. The lowest BCUT2D eigenvalue weighted by molar-refractivity contribution is -0.129. The van der Waals surface area contributed by atoms with Gasteiger partial charge in [-0.15, -0.1) is 0 Å². The number of rotatable bonds is 7. The van der Waals surface area contributed by atoms with Crippen molar-refractivity contribution < 1.29 is 23.9 Å². The van der Waals surface area contributed by atoms with Crippen LogP contribution >= 0.6 is 11.8 Å². The molecule has 0 aliphatic carbocycles. The molecule has 1 aromatic carbocycles. The number of nitrogens with zero attached hydrogens (tertiary/aromatic N) is 1. The molecule has 26 heavy (non-hydrogen) atoms. The first kappa shape index (κ1) is 19.8. The van der Waals surface area contributed by atoms with Gasteiger partial charge in [-0.05, 0) is 35.9 Å². The second-order valence-electron chi connectivity index (χ2n) is 6.07. The van der Waals surface area contributed by atoms with Crippen molar-refractivity contribution >= 4 is 34.9 Å². The van der Waals surface area contributed by atoms with Gasteiger partial charge in [-0.3, -0.25) is 19.3 Å². The maximum absolute atomic E-state index is 12.5. The first-order chi connectivity index (χ1) is 12.3. The summed E-state index contributed by atoms with van der Waals surface area (Å²) in [7, 11) is 3.06. The van der Waals surface area contributed by atoms with E-state index in [1.807, 2.05) is 13.8 Å². The van der Waals surface area contributed by atoms with Gasteiger partial charge in [-0.2, -0.15) is 0 Å². The molecule has 0 aromatic heterocycles. The van der Waals surface area contributed by atoms with Crippen molar-refractivity contribution in [2.24, 2.45) is 5.92 Å². The second-order valence-corrected chi connectivity index (χ2v) is 7.07. The Morgan fingerprint density at radius 2 is 2.00 bits per heavy atom. The molecule has 1 aliphatic heterocycles. The van der Waals surface area contributed by atoms with E-state index < -0.39 is 11.1 Å². The molecule has 1 saturated heterocycles. The lowest BCUT2D eigenvalue weighted by Gasteiger charge is -2.13. The number of imide groups is 1. The van der Waals surface area contributed by atoms with E-state index in [1.54, 1.807) is 31.4 Å². The van der Waals surface area contributed by atoms with Crippen LogP contribution in [0.2, 0.25) is 0 Å². The summed E-state index contributed by atoms with van der Waals surface area (Å²) in [5, 5.41) is 2.23. The van der Waals surface area contributed by atoms with Gasteiger partial charge >= 0.3 is 0 Å². The second kappa shape index (κ2) is 8.75. The molecule has 0 saturated carbocycles. The minimum Gasteiger partial charge on any atom is -0.497 e. The number of thioether (sulfide) groups is 1. The molecule has 0 bridgehead atoms. The van der Waals surface area contributed by atoms with E-state index in [9.17, 15) is 14.4 Å². The topological polar surface area (TPSA) is 84.9 Å². The number of amides is 3. The highest BCUT2D eigenvalue weighted by atomic mass is 32.2. The molecule has 1 heterocycles. The summed E-state index contributed by atoms with van der Waals surface area (Å²) in [6.07, 6.45) is 1.58. The summed E-state index contributed by atoms with van der Waals surface area (Å²) in [6.45, 7) is 4.14. The maximum atomic E-state index is 12.5. The summed E-state index contributed by atoms with van der Waals surface area (Å²) >= 11 is 0.804. The third-order valence-corrected chi connectivity index (χ3v) is 4.52. The number of benzene rings is 1. The average molecular weight is 378 g/mol. The van der Waals surface area contributed by atoms with Crippen LogP contribution < -0.4 is 14.8 Å². The summed E-state index contributed by atoms with van der Waals surface area (Å²) in [5.41, 5.74) is 0.642. The Balaban J connectivity index is 2.15. The van der Waals surface area contributed by atoms with Crippen LogP contribution in [0.1, 0.15) is 19.4 Å². The van der Waals surface area contributed by atoms with E-state index in [2.05, 4.69) is 5.32 Å². The van der Waals surface area contributed by atoms with Crippen molar-refractivity contribution in [1.82, 2.24) is 10.2 Å². The normalized spacial score (nSPS) is 15.7. The zero-order chi connectivity index (χ0) is 19.3. The van der Waals surface area contributed by atoms with Crippen LogP contribution in [0, 0.1) is 5.92 Å². The van der Waals surface area contributed by atoms with Gasteiger partial charge in [-0.25, -0.2) is 0 Å². The summed E-state index contributed by atoms with van der Waals surface area (Å²) in [5.74, 6) is 0.581. The lowest BCUT2D eigenvalue weighted by atomic mass is 10.1. The van der Waals surface area contributed by atoms with Crippen molar-refractivity contribution in [2.75, 3.05) is 27.3 Å². The average Bonchev–Trinajstić information content (AvgIpc) is 2.87. The van der Waals surface area contributed by atoms with E-state index >= 15 is 0 Å². The molecular weight excluding hydrogens is 356 g/mol. The largest absolute Gasteiger partial charge is 0.497 e. The molecule has 1 aliphatic rings. The van der Waals surface area contributed by atoms with Crippen LogP contribution in [-0.2, 0) is 9.59 Å². The Morgan fingerprint density at radius 1 is 1.27 bits per heavy atom. The monoisotopic (exact) mass is 378 g/mol. The zero-order valence-corrected chi connectivity index (χ0v) is 16.0. The first-order valence-corrected chi connectivity index (χ1v) is 8.91. The number of ether oxygens (including phenoxy) is 2. The van der Waals surface area contributed by atoms with Gasteiger partial charge in [0.25, 0.3) is 11.1 Å². The van der Waals surface area contributed by atoms with Crippen molar-refractivity contribution in [3.8, 4) is 11.5 Å². The Hall–Kier alpha value is -2.48. The lowest BCUT2D eigenvalue weighted by Crippen LogP contribution is -2.40. The van der Waals surface area contributed by atoms with Crippen molar-refractivity contribution in [3.63, 3.8) is 0 Å². The van der Waals surface area contributed by atoms with Crippen molar-refractivity contribution in [3.05, 3.63) is 28.7 Å². The van der Waals surface area contributed by atoms with Gasteiger partial charge in [0.15, 0.2) is 0 Å². The molecule has 1 fully saturated rings. The van der Waals surface area contributed by atoms with Gasteiger partial charge in [0.05, 0.1) is 19.1 Å². The molecular formula is C18H22N2O5S. The molecule has 2 rings (SSSR count). The molecule has 140 valence electrons. The quantitative estimate of drug-likeness (QED) is 0.734. The molecule has 7 nitrogen and oxygen atoms in total. The Kier molecular flexibility index (Phi) is 6.68. The Bertz CT molecular complexity index is 745. The van der Waals surface area contributed by atoms with Gasteiger partial charge in [-0.1, -0.05) is 13.8 Å². The van der Waals surface area contributed by atoms with E-state index in [4.69, 9.17) is 9.47 Å². The van der Waals surface area contributed by atoms with Gasteiger partial charge < -0.3 is 14.8 Å². The number of carbonyl (C=O) groups is 3. The first-order valence-electron chi connectivity index (χ1n) is 8.09. The van der Waals surface area contributed by atoms with Crippen molar-refractivity contribution in [2.45, 2.75) is 13.8 Å². The highest BCUT2D eigenvalue weighted by Crippen LogP contribution is 2.34. The van der Waals surface area contributed by atoms with Gasteiger partial charge in [0.2, 0.25) is 5.91 Å². The van der Waals surface area contributed by atoms with Crippen LogP contribution in [0.4, 0.5) is 4.79 Å². The maximum Gasteiger partial charge on any atom is 0.294 e. The van der Waals surface area contributed by atoms with Crippen LogP contribution in [0.3, 0.4) is 0 Å².